The number of nitrogens with zero attached hydrogens (tertiary/aromatic N) is 1. The number of carbonyl (C=O) groups excluding carboxylic acids is 2. The van der Waals surface area contributed by atoms with Crippen LogP contribution in [0.5, 0.6) is 0 Å². The highest BCUT2D eigenvalue weighted by Gasteiger charge is 2.35. The Morgan fingerprint density at radius 2 is 1.63 bits per heavy atom. The number of anilines is 4. The smallest absolute Gasteiger partial charge is 0.229 e. The first-order chi connectivity index (χ1) is 14.5. The maximum absolute atomic E-state index is 12.9. The minimum absolute atomic E-state index is 0.0662. The second-order valence-electron chi connectivity index (χ2n) is 7.41. The monoisotopic (exact) mass is 419 g/mol. The van der Waals surface area contributed by atoms with E-state index >= 15 is 0 Å². The third-order valence-corrected chi connectivity index (χ3v) is 5.40. The van der Waals surface area contributed by atoms with E-state index in [1.807, 2.05) is 55.5 Å². The zero-order valence-corrected chi connectivity index (χ0v) is 17.3. The summed E-state index contributed by atoms with van der Waals surface area (Å²) in [6, 6.07) is 22.7. The molecule has 3 aromatic rings. The van der Waals surface area contributed by atoms with Crippen molar-refractivity contribution in [3.8, 4) is 0 Å². The second-order valence-corrected chi connectivity index (χ2v) is 7.84. The van der Waals surface area contributed by atoms with E-state index < -0.39 is 5.92 Å². The summed E-state index contributed by atoms with van der Waals surface area (Å²) < 4.78 is 0. The fourth-order valence-electron chi connectivity index (χ4n) is 3.48. The van der Waals surface area contributed by atoms with Gasteiger partial charge in [-0.15, -0.1) is 0 Å². The average Bonchev–Trinajstić information content (AvgIpc) is 3.13. The third kappa shape index (κ3) is 4.47. The highest BCUT2D eigenvalue weighted by molar-refractivity contribution is 6.30. The van der Waals surface area contributed by atoms with Crippen molar-refractivity contribution in [3.63, 3.8) is 0 Å². The molecule has 1 aliphatic rings. The van der Waals surface area contributed by atoms with Crippen LogP contribution in [0.1, 0.15) is 12.0 Å². The Morgan fingerprint density at radius 1 is 0.967 bits per heavy atom. The van der Waals surface area contributed by atoms with Crippen LogP contribution in [-0.2, 0) is 9.59 Å². The molecule has 1 saturated heterocycles. The molecule has 6 heteroatoms. The number of amides is 2. The fourth-order valence-corrected chi connectivity index (χ4v) is 3.61. The van der Waals surface area contributed by atoms with Crippen molar-refractivity contribution in [2.45, 2.75) is 13.3 Å². The standard InChI is InChI=1S/C24H22ClN3O2/c1-16-6-10-19(11-7-16)26-21-4-2-3-5-22(21)27-24(30)17-14-23(29)28(15-17)20-12-8-18(25)9-13-20/h2-13,17,26H,14-15H2,1H3,(H,27,30). The first kappa shape index (κ1) is 20.0. The molecule has 1 unspecified atom stereocenters. The van der Waals surface area contributed by atoms with Crippen molar-refractivity contribution >= 4 is 46.2 Å². The van der Waals surface area contributed by atoms with Gasteiger partial charge in [0.15, 0.2) is 0 Å². The molecule has 3 aromatic carbocycles. The molecule has 0 radical (unpaired) electrons. The Labute approximate surface area is 180 Å². The van der Waals surface area contributed by atoms with E-state index in [0.29, 0.717) is 17.3 Å². The minimum Gasteiger partial charge on any atom is -0.354 e. The number of hydrogen-bond acceptors (Lipinski definition) is 3. The molecule has 0 saturated carbocycles. The minimum atomic E-state index is -0.416. The van der Waals surface area contributed by atoms with Crippen LogP contribution in [0, 0.1) is 12.8 Å². The molecule has 5 nitrogen and oxygen atoms in total. The number of halogens is 1. The molecular formula is C24H22ClN3O2. The molecule has 1 heterocycles. The number of rotatable bonds is 5. The van der Waals surface area contributed by atoms with E-state index in [1.54, 1.807) is 29.2 Å². The summed E-state index contributed by atoms with van der Waals surface area (Å²) in [7, 11) is 0. The van der Waals surface area contributed by atoms with Crippen molar-refractivity contribution < 1.29 is 9.59 Å². The molecule has 4 rings (SSSR count). The largest absolute Gasteiger partial charge is 0.354 e. The third-order valence-electron chi connectivity index (χ3n) is 5.15. The molecule has 0 aliphatic carbocycles. The van der Waals surface area contributed by atoms with Crippen LogP contribution in [0.2, 0.25) is 5.02 Å². The Morgan fingerprint density at radius 3 is 2.33 bits per heavy atom. The summed E-state index contributed by atoms with van der Waals surface area (Å²) in [6.07, 6.45) is 0.183. The molecule has 1 fully saturated rings. The van der Waals surface area contributed by atoms with E-state index in [2.05, 4.69) is 10.6 Å². The lowest BCUT2D eigenvalue weighted by Gasteiger charge is -2.17. The first-order valence-electron chi connectivity index (χ1n) is 9.79. The highest BCUT2D eigenvalue weighted by atomic mass is 35.5. The molecule has 1 aliphatic heterocycles. The van der Waals surface area contributed by atoms with Crippen LogP contribution >= 0.6 is 11.6 Å². The zero-order chi connectivity index (χ0) is 21.1. The molecule has 1 atom stereocenters. The summed E-state index contributed by atoms with van der Waals surface area (Å²) in [5.74, 6) is -0.651. The summed E-state index contributed by atoms with van der Waals surface area (Å²) in [4.78, 5) is 27.0. The molecule has 30 heavy (non-hydrogen) atoms. The number of aryl methyl sites for hydroxylation is 1. The number of hydrogen-bond donors (Lipinski definition) is 2. The van der Waals surface area contributed by atoms with E-state index in [-0.39, 0.29) is 18.2 Å². The lowest BCUT2D eigenvalue weighted by molar-refractivity contribution is -0.122. The van der Waals surface area contributed by atoms with Gasteiger partial charge in [-0.3, -0.25) is 9.59 Å². The lowest BCUT2D eigenvalue weighted by atomic mass is 10.1. The van der Waals surface area contributed by atoms with Crippen molar-refractivity contribution in [2.75, 3.05) is 22.1 Å². The van der Waals surface area contributed by atoms with Crippen molar-refractivity contribution in [1.82, 2.24) is 0 Å². The Bertz CT molecular complexity index is 1060. The summed E-state index contributed by atoms with van der Waals surface area (Å²) in [6.45, 7) is 2.38. The van der Waals surface area contributed by atoms with Gasteiger partial charge in [0.2, 0.25) is 11.8 Å². The van der Waals surface area contributed by atoms with Crippen LogP contribution in [0.3, 0.4) is 0 Å². The van der Waals surface area contributed by atoms with E-state index in [9.17, 15) is 9.59 Å². The summed E-state index contributed by atoms with van der Waals surface area (Å²) in [5.41, 5.74) is 4.35. The van der Waals surface area contributed by atoms with Gasteiger partial charge >= 0.3 is 0 Å². The lowest BCUT2D eigenvalue weighted by Crippen LogP contribution is -2.28. The predicted octanol–water partition coefficient (Wildman–Crippen LogP) is 5.38. The Kier molecular flexibility index (Phi) is 5.72. The van der Waals surface area contributed by atoms with Gasteiger partial charge < -0.3 is 15.5 Å². The van der Waals surface area contributed by atoms with Crippen molar-refractivity contribution in [3.05, 3.63) is 83.4 Å². The summed E-state index contributed by atoms with van der Waals surface area (Å²) in [5, 5.41) is 6.93. The number of carbonyl (C=O) groups is 2. The number of para-hydroxylation sites is 2. The van der Waals surface area contributed by atoms with Gasteiger partial charge in [0.05, 0.1) is 17.3 Å². The van der Waals surface area contributed by atoms with Gasteiger partial charge in [0.25, 0.3) is 0 Å². The van der Waals surface area contributed by atoms with Crippen molar-refractivity contribution in [2.24, 2.45) is 5.92 Å². The van der Waals surface area contributed by atoms with E-state index in [1.165, 1.54) is 5.56 Å². The van der Waals surface area contributed by atoms with E-state index in [0.717, 1.165) is 17.1 Å². The van der Waals surface area contributed by atoms with Gasteiger partial charge in [-0.1, -0.05) is 41.4 Å². The average molecular weight is 420 g/mol. The highest BCUT2D eigenvalue weighted by Crippen LogP contribution is 2.29. The Balaban J connectivity index is 1.46. The summed E-state index contributed by atoms with van der Waals surface area (Å²) >= 11 is 5.93. The number of nitrogens with one attached hydrogen (secondary N) is 2. The maximum Gasteiger partial charge on any atom is 0.229 e. The number of benzene rings is 3. The molecule has 0 spiro atoms. The molecule has 0 aromatic heterocycles. The maximum atomic E-state index is 12.9. The van der Waals surface area contributed by atoms with Gasteiger partial charge in [0.1, 0.15) is 0 Å². The first-order valence-corrected chi connectivity index (χ1v) is 10.2. The van der Waals surface area contributed by atoms with Crippen LogP contribution in [0.4, 0.5) is 22.7 Å². The fraction of sp³-hybridized carbons (Fsp3) is 0.167. The van der Waals surface area contributed by atoms with Crippen LogP contribution in [-0.4, -0.2) is 18.4 Å². The second kappa shape index (κ2) is 8.59. The van der Waals surface area contributed by atoms with Gasteiger partial charge in [0, 0.05) is 29.4 Å². The predicted molar refractivity (Wildman–Crippen MR) is 121 cm³/mol. The van der Waals surface area contributed by atoms with Gasteiger partial charge in [-0.05, 0) is 55.5 Å². The normalized spacial score (nSPS) is 15.9. The molecular weight excluding hydrogens is 398 g/mol. The Hall–Kier alpha value is -3.31. The molecule has 0 bridgehead atoms. The van der Waals surface area contributed by atoms with Gasteiger partial charge in [-0.2, -0.15) is 0 Å². The quantitative estimate of drug-likeness (QED) is 0.583. The topological polar surface area (TPSA) is 61.4 Å². The van der Waals surface area contributed by atoms with Gasteiger partial charge in [-0.25, -0.2) is 0 Å². The zero-order valence-electron chi connectivity index (χ0n) is 16.6. The molecule has 2 amide bonds. The van der Waals surface area contributed by atoms with E-state index in [4.69, 9.17) is 11.6 Å². The van der Waals surface area contributed by atoms with Crippen LogP contribution in [0.15, 0.2) is 72.8 Å². The van der Waals surface area contributed by atoms with Crippen LogP contribution < -0.4 is 15.5 Å². The van der Waals surface area contributed by atoms with Crippen LogP contribution in [0.25, 0.3) is 0 Å². The molecule has 2 N–H and O–H groups in total. The SMILES string of the molecule is Cc1ccc(Nc2ccccc2NC(=O)C2CC(=O)N(c3ccc(Cl)cc3)C2)cc1. The molecule has 152 valence electrons. The van der Waals surface area contributed by atoms with Crippen molar-refractivity contribution in [1.29, 1.82) is 0 Å².